The highest BCUT2D eigenvalue weighted by Gasteiger charge is 2.44. The number of ether oxygens (including phenoxy) is 1. The van der Waals surface area contributed by atoms with Crippen LogP contribution in [0.4, 0.5) is 0 Å². The summed E-state index contributed by atoms with van der Waals surface area (Å²) in [4.78, 5) is 14.4. The summed E-state index contributed by atoms with van der Waals surface area (Å²) >= 11 is 0. The molecular weight excluding hydrogens is 242 g/mol. The van der Waals surface area contributed by atoms with E-state index in [0.29, 0.717) is 12.8 Å². The number of hydrogen-bond donors (Lipinski definition) is 1. The van der Waals surface area contributed by atoms with Crippen LogP contribution in [0, 0.1) is 11.8 Å². The molecule has 4 nitrogen and oxygen atoms in total. The summed E-state index contributed by atoms with van der Waals surface area (Å²) in [6.07, 6.45) is 3.41. The minimum absolute atomic E-state index is 0.0928. The Balaban J connectivity index is 2.80. The molecule has 0 bridgehead atoms. The van der Waals surface area contributed by atoms with Crippen LogP contribution in [0.25, 0.3) is 0 Å². The molecule has 1 saturated heterocycles. The van der Waals surface area contributed by atoms with E-state index in [1.54, 1.807) is 0 Å². The van der Waals surface area contributed by atoms with Gasteiger partial charge in [0.15, 0.2) is 0 Å². The maximum Gasteiger partial charge on any atom is 0.311 e. The topological polar surface area (TPSA) is 49.8 Å². The van der Waals surface area contributed by atoms with Gasteiger partial charge in [0.25, 0.3) is 0 Å². The lowest BCUT2D eigenvalue weighted by atomic mass is 9.75. The summed E-state index contributed by atoms with van der Waals surface area (Å²) in [5, 5.41) is 10.9. The summed E-state index contributed by atoms with van der Waals surface area (Å²) < 4.78 is 4.89. The van der Waals surface area contributed by atoms with Crippen molar-refractivity contribution in [3.63, 3.8) is 0 Å². The number of nitrogens with zero attached hydrogens (tertiary/aromatic N) is 1. The van der Waals surface area contributed by atoms with Crippen LogP contribution in [-0.2, 0) is 9.53 Å². The fourth-order valence-corrected chi connectivity index (χ4v) is 3.29. The van der Waals surface area contributed by atoms with Gasteiger partial charge in [0.1, 0.15) is 0 Å². The average molecular weight is 271 g/mol. The molecule has 1 fully saturated rings. The van der Waals surface area contributed by atoms with Crippen molar-refractivity contribution in [3.05, 3.63) is 0 Å². The fraction of sp³-hybridized carbons (Fsp3) is 0.933. The predicted octanol–water partition coefficient (Wildman–Crippen LogP) is 2.06. The molecule has 1 heterocycles. The molecule has 0 aromatic rings. The van der Waals surface area contributed by atoms with Crippen LogP contribution >= 0.6 is 0 Å². The van der Waals surface area contributed by atoms with Crippen molar-refractivity contribution < 1.29 is 14.6 Å². The summed E-state index contributed by atoms with van der Waals surface area (Å²) in [6, 6.07) is 0. The molecule has 0 aromatic carbocycles. The van der Waals surface area contributed by atoms with Crippen LogP contribution in [0.15, 0.2) is 0 Å². The lowest BCUT2D eigenvalue weighted by Gasteiger charge is -2.36. The maximum atomic E-state index is 12.0. The lowest BCUT2D eigenvalue weighted by molar-refractivity contribution is -0.160. The van der Waals surface area contributed by atoms with Gasteiger partial charge >= 0.3 is 5.97 Å². The first-order valence-corrected chi connectivity index (χ1v) is 7.47. The molecule has 1 N–H and O–H groups in total. The highest BCUT2D eigenvalue weighted by molar-refractivity contribution is 5.74. The molecule has 19 heavy (non-hydrogen) atoms. The number of carbonyl (C=O) groups is 1. The van der Waals surface area contributed by atoms with E-state index < -0.39 is 11.5 Å². The van der Waals surface area contributed by atoms with E-state index >= 15 is 0 Å². The molecule has 1 rings (SSSR count). The fourth-order valence-electron chi connectivity index (χ4n) is 3.29. The third-order valence-electron chi connectivity index (χ3n) is 4.19. The van der Waals surface area contributed by atoms with Gasteiger partial charge in [-0.05, 0) is 44.7 Å². The van der Waals surface area contributed by atoms with Gasteiger partial charge in [0, 0.05) is 6.54 Å². The molecule has 4 heteroatoms. The Hall–Kier alpha value is -0.610. The van der Waals surface area contributed by atoms with Crippen LogP contribution in [-0.4, -0.2) is 48.3 Å². The number of hydrogen-bond acceptors (Lipinski definition) is 4. The van der Waals surface area contributed by atoms with Gasteiger partial charge in [-0.1, -0.05) is 20.8 Å². The summed E-state index contributed by atoms with van der Waals surface area (Å²) in [5.41, 5.74) is -0.913. The van der Waals surface area contributed by atoms with Crippen molar-refractivity contribution in [2.45, 2.75) is 52.1 Å². The molecule has 0 aliphatic carbocycles. The Kier molecular flexibility index (Phi) is 6.27. The van der Waals surface area contributed by atoms with Crippen LogP contribution in [0.2, 0.25) is 0 Å². The number of carbonyl (C=O) groups excluding carboxylic acids is 1. The minimum atomic E-state index is -0.913. The first-order valence-electron chi connectivity index (χ1n) is 7.47. The number of rotatable bonds is 5. The van der Waals surface area contributed by atoms with Crippen molar-refractivity contribution in [1.29, 1.82) is 0 Å². The van der Waals surface area contributed by atoms with Crippen molar-refractivity contribution in [2.24, 2.45) is 11.8 Å². The van der Waals surface area contributed by atoms with Crippen LogP contribution in [0.3, 0.4) is 0 Å². The first kappa shape index (κ1) is 16.4. The second-order valence-corrected chi connectivity index (χ2v) is 6.04. The van der Waals surface area contributed by atoms with Crippen molar-refractivity contribution in [2.75, 3.05) is 26.7 Å². The molecule has 0 saturated carbocycles. The van der Waals surface area contributed by atoms with E-state index in [1.807, 2.05) is 13.8 Å². The number of esters is 1. The number of aliphatic hydroxyl groups is 1. The van der Waals surface area contributed by atoms with E-state index in [-0.39, 0.29) is 11.9 Å². The van der Waals surface area contributed by atoms with Crippen molar-refractivity contribution in [1.82, 2.24) is 4.90 Å². The molecule has 0 aromatic heterocycles. The second-order valence-electron chi connectivity index (χ2n) is 6.04. The maximum absolute atomic E-state index is 12.0. The monoisotopic (exact) mass is 271 g/mol. The number of likely N-dealkylation sites (tertiary alicyclic amines) is 1. The zero-order chi connectivity index (χ0) is 14.5. The largest absolute Gasteiger partial charge is 0.469 e. The molecule has 2 unspecified atom stereocenters. The van der Waals surface area contributed by atoms with Gasteiger partial charge in [-0.3, -0.25) is 4.79 Å². The highest BCUT2D eigenvalue weighted by atomic mass is 16.5. The summed E-state index contributed by atoms with van der Waals surface area (Å²) in [6.45, 7) is 9.08. The summed E-state index contributed by atoms with van der Waals surface area (Å²) in [7, 11) is 1.40. The Bertz CT molecular complexity index is 293. The van der Waals surface area contributed by atoms with E-state index in [0.717, 1.165) is 32.5 Å². The molecule has 2 atom stereocenters. The second kappa shape index (κ2) is 7.25. The molecule has 0 radical (unpaired) electrons. The van der Waals surface area contributed by atoms with Gasteiger partial charge in [-0.2, -0.15) is 0 Å². The Labute approximate surface area is 117 Å². The van der Waals surface area contributed by atoms with Gasteiger partial charge in [-0.15, -0.1) is 0 Å². The zero-order valence-electron chi connectivity index (χ0n) is 12.8. The average Bonchev–Trinajstić information content (AvgIpc) is 2.52. The van der Waals surface area contributed by atoms with Crippen LogP contribution < -0.4 is 0 Å². The predicted molar refractivity (Wildman–Crippen MR) is 75.9 cm³/mol. The molecule has 0 spiro atoms. The Morgan fingerprint density at radius 1 is 1.37 bits per heavy atom. The minimum Gasteiger partial charge on any atom is -0.469 e. The van der Waals surface area contributed by atoms with Crippen LogP contribution in [0.5, 0.6) is 0 Å². The van der Waals surface area contributed by atoms with Gasteiger partial charge in [-0.25, -0.2) is 0 Å². The van der Waals surface area contributed by atoms with Crippen LogP contribution in [0.1, 0.15) is 46.5 Å². The van der Waals surface area contributed by atoms with E-state index in [4.69, 9.17) is 4.74 Å². The quantitative estimate of drug-likeness (QED) is 0.778. The first-order chi connectivity index (χ1) is 8.94. The van der Waals surface area contributed by atoms with Gasteiger partial charge < -0.3 is 14.7 Å². The molecular formula is C15H29NO3. The smallest absolute Gasteiger partial charge is 0.311 e. The molecule has 0 amide bonds. The third-order valence-corrected chi connectivity index (χ3v) is 4.19. The van der Waals surface area contributed by atoms with Crippen molar-refractivity contribution in [3.8, 4) is 0 Å². The Morgan fingerprint density at radius 2 is 2.05 bits per heavy atom. The highest BCUT2D eigenvalue weighted by Crippen LogP contribution is 2.35. The lowest BCUT2D eigenvalue weighted by Crippen LogP contribution is -2.46. The normalized spacial score (nSPS) is 27.1. The summed E-state index contributed by atoms with van der Waals surface area (Å²) in [5.74, 6) is -0.601. The van der Waals surface area contributed by atoms with E-state index in [2.05, 4.69) is 11.8 Å². The third kappa shape index (κ3) is 4.18. The van der Waals surface area contributed by atoms with E-state index in [1.165, 1.54) is 7.11 Å². The molecule has 1 aliphatic rings. The van der Waals surface area contributed by atoms with Gasteiger partial charge in [0.05, 0.1) is 18.6 Å². The number of methoxy groups -OCH3 is 1. The molecule has 1 aliphatic heterocycles. The molecule has 112 valence electrons. The zero-order valence-corrected chi connectivity index (χ0v) is 12.8. The van der Waals surface area contributed by atoms with Gasteiger partial charge in [0.2, 0.25) is 0 Å². The van der Waals surface area contributed by atoms with Crippen molar-refractivity contribution >= 4 is 5.97 Å². The SMILES string of the molecule is CCCN1CCCC(O)(C(C(=O)OC)C(C)C)CC1. The Morgan fingerprint density at radius 3 is 2.58 bits per heavy atom. The van der Waals surface area contributed by atoms with E-state index in [9.17, 15) is 9.90 Å². The standard InChI is InChI=1S/C15H29NO3/c1-5-9-16-10-6-7-15(18,8-11-16)13(12(2)3)14(17)19-4/h12-13,18H,5-11H2,1-4H3.